The molecule has 0 aromatic heterocycles. The molecular formula is C12H17F3N2O3. The molecule has 20 heavy (non-hydrogen) atoms. The van der Waals surface area contributed by atoms with Crippen molar-refractivity contribution >= 4 is 12.0 Å². The minimum atomic E-state index is -4.89. The van der Waals surface area contributed by atoms with E-state index in [1.165, 1.54) is 11.9 Å². The van der Waals surface area contributed by atoms with Crippen molar-refractivity contribution in [3.05, 3.63) is 12.2 Å². The van der Waals surface area contributed by atoms with Crippen LogP contribution < -0.4 is 0 Å². The van der Waals surface area contributed by atoms with Crippen LogP contribution in [0.4, 0.5) is 18.0 Å². The van der Waals surface area contributed by atoms with Crippen molar-refractivity contribution in [2.45, 2.75) is 19.5 Å². The molecule has 0 saturated carbocycles. The van der Waals surface area contributed by atoms with Crippen molar-refractivity contribution in [1.29, 1.82) is 0 Å². The van der Waals surface area contributed by atoms with E-state index < -0.39 is 36.6 Å². The van der Waals surface area contributed by atoms with Gasteiger partial charge < -0.3 is 14.9 Å². The van der Waals surface area contributed by atoms with Gasteiger partial charge in [-0.05, 0) is 13.3 Å². The van der Waals surface area contributed by atoms with E-state index in [9.17, 15) is 22.8 Å². The highest BCUT2D eigenvalue weighted by atomic mass is 19.4. The third kappa shape index (κ3) is 2.88. The number of carboxylic acid groups (broad SMARTS) is 1. The van der Waals surface area contributed by atoms with Crippen LogP contribution in [0.5, 0.6) is 0 Å². The van der Waals surface area contributed by atoms with Crippen molar-refractivity contribution in [1.82, 2.24) is 9.80 Å². The normalized spacial score (nSPS) is 22.8. The summed E-state index contributed by atoms with van der Waals surface area (Å²) in [6.07, 6.45) is -5.51. The Labute approximate surface area is 114 Å². The maximum absolute atomic E-state index is 13.0. The molecular weight excluding hydrogens is 277 g/mol. The van der Waals surface area contributed by atoms with E-state index in [4.69, 9.17) is 5.11 Å². The number of likely N-dealkylation sites (tertiary alicyclic amines) is 1. The number of urea groups is 1. The van der Waals surface area contributed by atoms with Crippen molar-refractivity contribution in [3.8, 4) is 0 Å². The molecule has 1 N–H and O–H groups in total. The van der Waals surface area contributed by atoms with Crippen LogP contribution >= 0.6 is 0 Å². The number of carbonyl (C=O) groups is 2. The summed E-state index contributed by atoms with van der Waals surface area (Å²) >= 11 is 0. The van der Waals surface area contributed by atoms with E-state index in [1.807, 2.05) is 0 Å². The number of carboxylic acids is 1. The summed E-state index contributed by atoms with van der Waals surface area (Å²) in [6.45, 7) is 4.42. The molecule has 0 aromatic rings. The Kier molecular flexibility index (Phi) is 4.36. The Balaban J connectivity index is 2.87. The van der Waals surface area contributed by atoms with Gasteiger partial charge in [-0.25, -0.2) is 4.79 Å². The smallest absolute Gasteiger partial charge is 0.406 e. The zero-order valence-electron chi connectivity index (χ0n) is 11.3. The van der Waals surface area contributed by atoms with Crippen molar-refractivity contribution in [2.24, 2.45) is 5.41 Å². The molecule has 0 spiro atoms. The summed E-state index contributed by atoms with van der Waals surface area (Å²) in [6, 6.07) is -0.625. The fourth-order valence-corrected chi connectivity index (χ4v) is 2.21. The minimum absolute atomic E-state index is 0.210. The first-order valence-corrected chi connectivity index (χ1v) is 5.96. The first-order valence-electron chi connectivity index (χ1n) is 5.96. The van der Waals surface area contributed by atoms with E-state index in [2.05, 4.69) is 6.58 Å². The summed E-state index contributed by atoms with van der Waals surface area (Å²) in [4.78, 5) is 25.1. The van der Waals surface area contributed by atoms with Gasteiger partial charge >= 0.3 is 18.2 Å². The van der Waals surface area contributed by atoms with E-state index in [0.29, 0.717) is 5.57 Å². The maximum Gasteiger partial charge on any atom is 0.406 e. The first kappa shape index (κ1) is 16.3. The summed E-state index contributed by atoms with van der Waals surface area (Å²) in [7, 11) is 1.44. The van der Waals surface area contributed by atoms with Crippen LogP contribution in [0.1, 0.15) is 13.3 Å². The Morgan fingerprint density at radius 3 is 2.35 bits per heavy atom. The summed E-state index contributed by atoms with van der Waals surface area (Å²) in [5.41, 5.74) is -2.19. The number of amides is 2. The van der Waals surface area contributed by atoms with Crippen molar-refractivity contribution < 1.29 is 27.9 Å². The number of hydrogen-bond acceptors (Lipinski definition) is 2. The Hall–Kier alpha value is -1.73. The number of aliphatic carboxylic acids is 1. The van der Waals surface area contributed by atoms with E-state index in [-0.39, 0.29) is 13.1 Å². The van der Waals surface area contributed by atoms with Crippen LogP contribution in [0.2, 0.25) is 0 Å². The number of rotatable bonds is 3. The Morgan fingerprint density at radius 1 is 1.45 bits per heavy atom. The molecule has 1 saturated heterocycles. The highest BCUT2D eigenvalue weighted by Gasteiger charge is 2.64. The third-order valence-electron chi connectivity index (χ3n) is 3.33. The molecule has 0 radical (unpaired) electrons. The van der Waals surface area contributed by atoms with Crippen LogP contribution in [-0.4, -0.2) is 59.8 Å². The van der Waals surface area contributed by atoms with Crippen LogP contribution in [0, 0.1) is 5.41 Å². The highest BCUT2D eigenvalue weighted by molar-refractivity contribution is 5.80. The predicted octanol–water partition coefficient (Wildman–Crippen LogP) is 1.95. The Morgan fingerprint density at radius 2 is 2.00 bits per heavy atom. The third-order valence-corrected chi connectivity index (χ3v) is 3.33. The second kappa shape index (κ2) is 5.34. The number of carbonyl (C=O) groups excluding carboxylic acids is 1. The minimum Gasteiger partial charge on any atom is -0.481 e. The average molecular weight is 294 g/mol. The maximum atomic E-state index is 13.0. The summed E-state index contributed by atoms with van der Waals surface area (Å²) < 4.78 is 38.9. The Bertz CT molecular complexity index is 436. The van der Waals surface area contributed by atoms with E-state index in [1.54, 1.807) is 6.92 Å². The molecule has 2 amide bonds. The molecule has 1 aliphatic rings. The van der Waals surface area contributed by atoms with Gasteiger partial charge in [-0.15, -0.1) is 0 Å². The molecule has 1 unspecified atom stereocenters. The average Bonchev–Trinajstić information content (AvgIpc) is 2.72. The molecule has 0 aromatic carbocycles. The lowest BCUT2D eigenvalue weighted by Crippen LogP contribution is -2.49. The molecule has 8 heteroatoms. The molecule has 5 nitrogen and oxygen atoms in total. The number of alkyl halides is 3. The molecule has 1 heterocycles. The van der Waals surface area contributed by atoms with Crippen molar-refractivity contribution in [3.63, 3.8) is 0 Å². The zero-order valence-corrected chi connectivity index (χ0v) is 11.3. The molecule has 114 valence electrons. The van der Waals surface area contributed by atoms with Crippen LogP contribution in [0.15, 0.2) is 12.2 Å². The molecule has 0 aliphatic carbocycles. The molecule has 1 aliphatic heterocycles. The van der Waals surface area contributed by atoms with Gasteiger partial charge in [0.25, 0.3) is 0 Å². The van der Waals surface area contributed by atoms with Crippen molar-refractivity contribution in [2.75, 3.05) is 26.7 Å². The standard InChI is InChI=1S/C12H17F3N2O3/c1-8(2)6-16(3)10(20)17-5-4-11(7-17,9(18)19)12(13,14)15/h1,4-7H2,2-3H3,(H,18,19). The molecule has 0 bridgehead atoms. The lowest BCUT2D eigenvalue weighted by atomic mass is 9.86. The number of hydrogen-bond donors (Lipinski definition) is 1. The van der Waals surface area contributed by atoms with Crippen LogP contribution in [-0.2, 0) is 4.79 Å². The monoisotopic (exact) mass is 294 g/mol. The summed E-state index contributed by atoms with van der Waals surface area (Å²) in [5.74, 6) is -1.94. The number of halogens is 3. The number of likely N-dealkylation sites (N-methyl/N-ethyl adjacent to an activating group) is 1. The number of nitrogens with zero attached hydrogens (tertiary/aromatic N) is 2. The largest absolute Gasteiger partial charge is 0.481 e. The fraction of sp³-hybridized carbons (Fsp3) is 0.667. The van der Waals surface area contributed by atoms with E-state index >= 15 is 0 Å². The van der Waals surface area contributed by atoms with Gasteiger partial charge in [0.05, 0.1) is 0 Å². The van der Waals surface area contributed by atoms with Gasteiger partial charge in [0.1, 0.15) is 0 Å². The van der Waals surface area contributed by atoms with Gasteiger partial charge in [-0.3, -0.25) is 4.79 Å². The van der Waals surface area contributed by atoms with Crippen LogP contribution in [0.25, 0.3) is 0 Å². The lowest BCUT2D eigenvalue weighted by molar-refractivity contribution is -0.227. The predicted molar refractivity (Wildman–Crippen MR) is 65.2 cm³/mol. The van der Waals surface area contributed by atoms with Gasteiger partial charge in [0.15, 0.2) is 5.41 Å². The highest BCUT2D eigenvalue weighted by Crippen LogP contribution is 2.45. The molecule has 1 fully saturated rings. The second-order valence-corrected chi connectivity index (χ2v) is 5.15. The van der Waals surface area contributed by atoms with Gasteiger partial charge in [0.2, 0.25) is 0 Å². The lowest BCUT2D eigenvalue weighted by Gasteiger charge is -2.29. The second-order valence-electron chi connectivity index (χ2n) is 5.15. The topological polar surface area (TPSA) is 60.9 Å². The van der Waals surface area contributed by atoms with E-state index in [0.717, 1.165) is 4.90 Å². The van der Waals surface area contributed by atoms with Gasteiger partial charge in [0, 0.05) is 26.7 Å². The van der Waals surface area contributed by atoms with Gasteiger partial charge in [-0.1, -0.05) is 12.2 Å². The van der Waals surface area contributed by atoms with Crippen LogP contribution in [0.3, 0.4) is 0 Å². The quantitative estimate of drug-likeness (QED) is 0.809. The summed E-state index contributed by atoms with van der Waals surface area (Å²) in [5, 5.41) is 8.90. The fourth-order valence-electron chi connectivity index (χ4n) is 2.21. The first-order chi connectivity index (χ1) is 9.01. The zero-order chi connectivity index (χ0) is 15.7. The van der Waals surface area contributed by atoms with Gasteiger partial charge in [-0.2, -0.15) is 13.2 Å². The molecule has 1 atom stereocenters. The molecule has 1 rings (SSSR count). The SMILES string of the molecule is C=C(C)CN(C)C(=O)N1CCC(C(=O)O)(C(F)(F)F)C1.